The van der Waals surface area contributed by atoms with E-state index < -0.39 is 0 Å². The van der Waals surface area contributed by atoms with Crippen LogP contribution in [0.4, 0.5) is 0 Å². The maximum absolute atomic E-state index is 12.4. The van der Waals surface area contributed by atoms with Crippen LogP contribution in [0.25, 0.3) is 0 Å². The molecule has 0 radical (unpaired) electrons. The van der Waals surface area contributed by atoms with Crippen LogP contribution in [-0.4, -0.2) is 60.1 Å². The van der Waals surface area contributed by atoms with Gasteiger partial charge in [-0.15, -0.1) is 0 Å². The highest BCUT2D eigenvalue weighted by atomic mass is 16.3. The van der Waals surface area contributed by atoms with E-state index in [0.717, 1.165) is 57.9 Å². The predicted molar refractivity (Wildman–Crippen MR) is 75.8 cm³/mol. The van der Waals surface area contributed by atoms with E-state index in [4.69, 9.17) is 5.11 Å². The van der Waals surface area contributed by atoms with Crippen LogP contribution in [0.2, 0.25) is 0 Å². The quantitative estimate of drug-likeness (QED) is 0.837. The molecular formula is C15H28N2O2. The highest BCUT2D eigenvalue weighted by Crippen LogP contribution is 2.23. The number of carbonyl (C=O) groups is 1. The van der Waals surface area contributed by atoms with Crippen LogP contribution >= 0.6 is 0 Å². The number of piperidine rings is 2. The summed E-state index contributed by atoms with van der Waals surface area (Å²) in [6, 6.07) is 0. The van der Waals surface area contributed by atoms with E-state index in [-0.39, 0.29) is 12.5 Å². The zero-order valence-corrected chi connectivity index (χ0v) is 12.2. The smallest absolute Gasteiger partial charge is 0.225 e. The third kappa shape index (κ3) is 4.18. The molecule has 2 aliphatic rings. The molecule has 19 heavy (non-hydrogen) atoms. The maximum Gasteiger partial charge on any atom is 0.225 e. The Morgan fingerprint density at radius 3 is 2.32 bits per heavy atom. The Hall–Kier alpha value is -0.610. The summed E-state index contributed by atoms with van der Waals surface area (Å²) >= 11 is 0. The molecule has 1 N–H and O–H groups in total. The topological polar surface area (TPSA) is 43.8 Å². The number of aliphatic hydroxyl groups is 1. The van der Waals surface area contributed by atoms with Crippen molar-refractivity contribution < 1.29 is 9.90 Å². The molecule has 0 aromatic rings. The van der Waals surface area contributed by atoms with Crippen molar-refractivity contribution in [3.63, 3.8) is 0 Å². The van der Waals surface area contributed by atoms with E-state index >= 15 is 0 Å². The largest absolute Gasteiger partial charge is 0.396 e. The monoisotopic (exact) mass is 268 g/mol. The summed E-state index contributed by atoms with van der Waals surface area (Å²) in [6.45, 7) is 7.47. The first-order valence-electron chi connectivity index (χ1n) is 7.82. The molecule has 110 valence electrons. The van der Waals surface area contributed by atoms with Crippen LogP contribution in [0, 0.1) is 11.8 Å². The number of hydrogen-bond donors (Lipinski definition) is 1. The molecule has 4 heteroatoms. The lowest BCUT2D eigenvalue weighted by molar-refractivity contribution is -0.138. The van der Waals surface area contributed by atoms with Crippen LogP contribution in [0.3, 0.4) is 0 Å². The van der Waals surface area contributed by atoms with Gasteiger partial charge in [0.05, 0.1) is 0 Å². The van der Waals surface area contributed by atoms with Gasteiger partial charge in [-0.2, -0.15) is 0 Å². The van der Waals surface area contributed by atoms with Crippen molar-refractivity contribution in [2.45, 2.75) is 39.0 Å². The Kier molecular flexibility index (Phi) is 5.64. The fraction of sp³-hybridized carbons (Fsp3) is 0.933. The number of aliphatic hydroxyl groups excluding tert-OH is 1. The molecule has 2 aliphatic heterocycles. The molecule has 2 fully saturated rings. The number of rotatable bonds is 4. The van der Waals surface area contributed by atoms with Gasteiger partial charge in [0.25, 0.3) is 0 Å². The molecule has 2 heterocycles. The lowest BCUT2D eigenvalue weighted by Crippen LogP contribution is -2.45. The molecule has 0 atom stereocenters. The third-order valence-corrected chi connectivity index (χ3v) is 4.66. The Morgan fingerprint density at radius 2 is 1.74 bits per heavy atom. The van der Waals surface area contributed by atoms with Crippen molar-refractivity contribution in [1.82, 2.24) is 9.80 Å². The Morgan fingerprint density at radius 1 is 1.11 bits per heavy atom. The summed E-state index contributed by atoms with van der Waals surface area (Å²) in [4.78, 5) is 16.9. The summed E-state index contributed by atoms with van der Waals surface area (Å²) in [6.07, 6.45) is 5.18. The van der Waals surface area contributed by atoms with Crippen LogP contribution in [0.15, 0.2) is 0 Å². The van der Waals surface area contributed by atoms with Crippen LogP contribution in [-0.2, 0) is 4.79 Å². The lowest BCUT2D eigenvalue weighted by Gasteiger charge is -2.36. The summed E-state index contributed by atoms with van der Waals surface area (Å²) in [7, 11) is 0. The zero-order chi connectivity index (χ0) is 13.7. The van der Waals surface area contributed by atoms with Gasteiger partial charge in [0.1, 0.15) is 0 Å². The van der Waals surface area contributed by atoms with Crippen molar-refractivity contribution in [1.29, 1.82) is 0 Å². The Bertz CT molecular complexity index is 280. The van der Waals surface area contributed by atoms with Gasteiger partial charge in [-0.05, 0) is 51.1 Å². The summed E-state index contributed by atoms with van der Waals surface area (Å²) in [5.41, 5.74) is 0. The highest BCUT2D eigenvalue weighted by molar-refractivity contribution is 5.79. The maximum atomic E-state index is 12.4. The molecular weight excluding hydrogens is 240 g/mol. The SMILES string of the molecule is CC1CCN(C(=O)C2CCN(CCCO)CC2)CC1. The van der Waals surface area contributed by atoms with Gasteiger partial charge in [0.15, 0.2) is 0 Å². The van der Waals surface area contributed by atoms with E-state index in [1.54, 1.807) is 0 Å². The minimum absolute atomic E-state index is 0.249. The Balaban J connectivity index is 1.73. The second-order valence-electron chi connectivity index (χ2n) is 6.20. The molecule has 1 amide bonds. The molecule has 0 unspecified atom stereocenters. The van der Waals surface area contributed by atoms with Crippen molar-refractivity contribution in [2.24, 2.45) is 11.8 Å². The van der Waals surface area contributed by atoms with E-state index in [1.165, 1.54) is 12.8 Å². The van der Waals surface area contributed by atoms with Gasteiger partial charge in [0, 0.05) is 32.2 Å². The molecule has 0 spiro atoms. The van der Waals surface area contributed by atoms with Crippen LogP contribution < -0.4 is 0 Å². The summed E-state index contributed by atoms with van der Waals surface area (Å²) in [5.74, 6) is 1.43. The normalized spacial score (nSPS) is 23.8. The average molecular weight is 268 g/mol. The van der Waals surface area contributed by atoms with Crippen molar-refractivity contribution >= 4 is 5.91 Å². The van der Waals surface area contributed by atoms with Crippen molar-refractivity contribution in [3.05, 3.63) is 0 Å². The molecule has 0 aromatic carbocycles. The predicted octanol–water partition coefficient (Wildman–Crippen LogP) is 1.34. The molecule has 4 nitrogen and oxygen atoms in total. The number of hydrogen-bond acceptors (Lipinski definition) is 3. The first kappa shape index (κ1) is 14.8. The molecule has 2 saturated heterocycles. The fourth-order valence-corrected chi connectivity index (χ4v) is 3.19. The van der Waals surface area contributed by atoms with Crippen LogP contribution in [0.1, 0.15) is 39.0 Å². The lowest BCUT2D eigenvalue weighted by atomic mass is 9.92. The van der Waals surface area contributed by atoms with Gasteiger partial charge in [-0.3, -0.25) is 4.79 Å². The number of amides is 1. The van der Waals surface area contributed by atoms with Crippen LogP contribution in [0.5, 0.6) is 0 Å². The van der Waals surface area contributed by atoms with E-state index in [2.05, 4.69) is 16.7 Å². The molecule has 0 aliphatic carbocycles. The first-order chi connectivity index (χ1) is 9.20. The zero-order valence-electron chi connectivity index (χ0n) is 12.2. The Labute approximate surface area is 116 Å². The minimum atomic E-state index is 0.249. The van der Waals surface area contributed by atoms with Gasteiger partial charge in [0.2, 0.25) is 5.91 Å². The highest BCUT2D eigenvalue weighted by Gasteiger charge is 2.29. The van der Waals surface area contributed by atoms with E-state index in [0.29, 0.717) is 5.91 Å². The first-order valence-corrected chi connectivity index (χ1v) is 7.82. The fourth-order valence-electron chi connectivity index (χ4n) is 3.19. The number of carbonyl (C=O) groups excluding carboxylic acids is 1. The van der Waals surface area contributed by atoms with E-state index in [1.807, 2.05) is 0 Å². The van der Waals surface area contributed by atoms with Gasteiger partial charge >= 0.3 is 0 Å². The standard InChI is InChI=1S/C15H28N2O2/c1-13-3-10-17(11-4-13)15(19)14-5-8-16(9-6-14)7-2-12-18/h13-14,18H,2-12H2,1H3. The second kappa shape index (κ2) is 7.25. The minimum Gasteiger partial charge on any atom is -0.396 e. The van der Waals surface area contributed by atoms with Crippen molar-refractivity contribution in [3.8, 4) is 0 Å². The van der Waals surface area contributed by atoms with Gasteiger partial charge in [-0.1, -0.05) is 6.92 Å². The van der Waals surface area contributed by atoms with Crippen molar-refractivity contribution in [2.75, 3.05) is 39.3 Å². The number of likely N-dealkylation sites (tertiary alicyclic amines) is 2. The third-order valence-electron chi connectivity index (χ3n) is 4.66. The molecule has 0 bridgehead atoms. The molecule has 2 rings (SSSR count). The summed E-state index contributed by atoms with van der Waals surface area (Å²) in [5, 5.41) is 8.84. The summed E-state index contributed by atoms with van der Waals surface area (Å²) < 4.78 is 0. The molecule has 0 saturated carbocycles. The van der Waals surface area contributed by atoms with E-state index in [9.17, 15) is 4.79 Å². The molecule has 0 aromatic heterocycles. The van der Waals surface area contributed by atoms with Gasteiger partial charge in [-0.25, -0.2) is 0 Å². The number of nitrogens with zero attached hydrogens (tertiary/aromatic N) is 2. The van der Waals surface area contributed by atoms with Gasteiger partial charge < -0.3 is 14.9 Å². The average Bonchev–Trinajstić information content (AvgIpc) is 2.46. The second-order valence-corrected chi connectivity index (χ2v) is 6.20.